The first kappa shape index (κ1) is 89.2. The molecule has 106 heavy (non-hydrogen) atoms. The van der Waals surface area contributed by atoms with Crippen molar-refractivity contribution in [3.05, 3.63) is 83.9 Å². The summed E-state index contributed by atoms with van der Waals surface area (Å²) in [6.45, 7) is 6.03. The minimum Gasteiger partial charge on any atom is -0.480 e. The van der Waals surface area contributed by atoms with Crippen molar-refractivity contribution in [2.75, 3.05) is 106 Å². The lowest BCUT2D eigenvalue weighted by Crippen LogP contribution is -2.54. The van der Waals surface area contributed by atoms with E-state index in [2.05, 4.69) is 80.5 Å². The van der Waals surface area contributed by atoms with E-state index < -0.39 is 93.4 Å². The van der Waals surface area contributed by atoms with Gasteiger partial charge in [0.25, 0.3) is 0 Å². The molecule has 11 amide bonds. The van der Waals surface area contributed by atoms with E-state index >= 15 is 0 Å². The number of hydrogen-bond acceptors (Lipinski definition) is 20. The van der Waals surface area contributed by atoms with E-state index in [1.54, 1.807) is 25.8 Å². The molecule has 1 fully saturated rings. The van der Waals surface area contributed by atoms with Crippen molar-refractivity contribution in [1.82, 2.24) is 58.1 Å². The number of nitrogens with one attached hydrogen (secondary N) is 10. The predicted octanol–water partition coefficient (Wildman–Crippen LogP) is 1.14. The number of carboxylic acid groups (broad SMARTS) is 1. The number of likely N-dealkylation sites (N-methyl/N-ethyl adjacent to an activating group) is 1. The highest BCUT2D eigenvalue weighted by atomic mass is 32.2. The summed E-state index contributed by atoms with van der Waals surface area (Å²) in [6.07, 6.45) is 3.25. The lowest BCUT2D eigenvalue weighted by atomic mass is 9.95. The number of nitrogens with two attached hydrogens (primary N) is 3. The molecule has 584 valence electrons. The molecular weight excluding hydrogens is 1410 g/mol. The number of urea groups is 1. The van der Waals surface area contributed by atoms with Gasteiger partial charge < -0.3 is 89.7 Å². The molecule has 6 unspecified atom stereocenters. The Labute approximate surface area is 628 Å². The lowest BCUT2D eigenvalue weighted by Gasteiger charge is -2.29. The van der Waals surface area contributed by atoms with Crippen LogP contribution in [0.4, 0.5) is 4.79 Å². The van der Waals surface area contributed by atoms with Gasteiger partial charge in [-0.3, -0.25) is 62.6 Å². The number of carbonyl (C=O) groups is 12. The summed E-state index contributed by atoms with van der Waals surface area (Å²) in [4.78, 5) is 165. The summed E-state index contributed by atoms with van der Waals surface area (Å²) >= 11 is 5.90. The smallest absolute Gasteiger partial charge is 0.322 e. The van der Waals surface area contributed by atoms with Gasteiger partial charge in [0.1, 0.15) is 30.0 Å². The molecule has 1 saturated heterocycles. The summed E-state index contributed by atoms with van der Waals surface area (Å²) in [5.41, 5.74) is 18.4. The number of carboxylic acids is 1. The number of fused-ring (bicyclic) bond motifs is 1. The van der Waals surface area contributed by atoms with Gasteiger partial charge in [-0.15, -0.1) is 11.8 Å². The average Bonchev–Trinajstić information content (AvgIpc) is 1.62. The molecule has 0 radical (unpaired) electrons. The summed E-state index contributed by atoms with van der Waals surface area (Å²) in [7, 11) is 1.63. The molecule has 1 aliphatic rings. The zero-order valence-electron chi connectivity index (χ0n) is 61.0. The van der Waals surface area contributed by atoms with Crippen LogP contribution in [0.15, 0.2) is 82.8 Å². The number of thiocarbonyl (C=S) groups is 1. The van der Waals surface area contributed by atoms with E-state index in [-0.39, 0.29) is 173 Å². The molecule has 3 aromatic rings. The van der Waals surface area contributed by atoms with E-state index in [9.17, 15) is 62.6 Å². The fourth-order valence-corrected chi connectivity index (χ4v) is 13.2. The van der Waals surface area contributed by atoms with E-state index in [1.165, 1.54) is 11.8 Å². The van der Waals surface area contributed by atoms with Gasteiger partial charge in [0, 0.05) is 102 Å². The van der Waals surface area contributed by atoms with Gasteiger partial charge in [0.05, 0.1) is 62.5 Å². The molecule has 17 N–H and O–H groups in total. The number of hydrogen-bond donors (Lipinski definition) is 14. The third kappa shape index (κ3) is 37.2. The molecule has 1 aliphatic heterocycles. The zero-order valence-corrected chi connectivity index (χ0v) is 62.6. The normalized spacial score (nSPS) is 14.8. The first-order valence-electron chi connectivity index (χ1n) is 35.9. The maximum Gasteiger partial charge on any atom is 0.322 e. The summed E-state index contributed by atoms with van der Waals surface area (Å²) in [5.74, 6) is -6.73. The largest absolute Gasteiger partial charge is 0.480 e. The van der Waals surface area contributed by atoms with Gasteiger partial charge >= 0.3 is 12.0 Å². The van der Waals surface area contributed by atoms with Crippen LogP contribution in [0.3, 0.4) is 0 Å². The van der Waals surface area contributed by atoms with Gasteiger partial charge in [-0.25, -0.2) is 9.79 Å². The highest BCUT2D eigenvalue weighted by molar-refractivity contribution is 8.01. The van der Waals surface area contributed by atoms with Crippen molar-refractivity contribution in [2.45, 2.75) is 157 Å². The predicted molar refractivity (Wildman–Crippen MR) is 405 cm³/mol. The molecule has 32 nitrogen and oxygen atoms in total. The Hall–Kier alpha value is -9.18. The van der Waals surface area contributed by atoms with Gasteiger partial charge in [-0.2, -0.15) is 0 Å². The topological polar surface area (TPSA) is 479 Å². The Morgan fingerprint density at radius 2 is 1.08 bits per heavy atom. The van der Waals surface area contributed by atoms with Crippen LogP contribution in [-0.2, 0) is 79.8 Å². The van der Waals surface area contributed by atoms with Crippen molar-refractivity contribution in [3.8, 4) is 0 Å². The summed E-state index contributed by atoms with van der Waals surface area (Å²) < 4.78 is 16.0. The second kappa shape index (κ2) is 51.1. The van der Waals surface area contributed by atoms with Gasteiger partial charge in [0.15, 0.2) is 5.96 Å². The quantitative estimate of drug-likeness (QED) is 0.0163. The molecule has 4 rings (SSSR count). The van der Waals surface area contributed by atoms with Gasteiger partial charge in [-0.1, -0.05) is 72.8 Å². The Morgan fingerprint density at radius 1 is 0.538 bits per heavy atom. The number of ketones is 1. The fraction of sp³-hybridized carbons (Fsp3) is 0.583. The standard InChI is InChI=1S/C72H108N16O16S2/c1-72(2)63(69(99)100)88(3)68(106-72)54(47-53(89)45-49-16-5-4-6-17-49)65(96)81-35-34-77-58(90)25-26-59(91)78-36-40-102-38-27-60(92)85-55(64(73)95)20-9-11-30-80-66(97)56(22-15-33-82-70(74)75)87-67(98)57(21-10-12-31-83-71(101)84-32-14-13-29-76-48-105)86-61(93)28-39-103-42-43-104-41-37-79-62(94)46-50-23-24-51-18-7-8-19-52(51)44-50/h4-8,16-19,23-24,44,54-57,63,68H,9-15,20-22,25-43,45-47H2,1-3H3,(H2,73,95)(H,77,90)(H,78,91)(H,79,94)(H,80,97)(H,81,96)(H,85,92)(H,86,93)(H,87,98)(H,99,100)(H4,74,75,82)(H2,83,84,101). The van der Waals surface area contributed by atoms with Crippen LogP contribution in [0, 0.1) is 5.92 Å². The first-order valence-corrected chi connectivity index (χ1v) is 37.2. The number of aliphatic carboxylic acids is 1. The van der Waals surface area contributed by atoms with Crippen molar-refractivity contribution >= 4 is 117 Å². The van der Waals surface area contributed by atoms with Crippen molar-refractivity contribution in [2.24, 2.45) is 33.1 Å². The number of isothiocyanates is 1. The monoisotopic (exact) mass is 1520 g/mol. The molecule has 3 aromatic carbocycles. The SMILES string of the molecule is CN1C(C(CC(=O)Cc2ccccc2)C(=O)NCCNC(=O)CCC(=O)NCCOCCC(=O)NC(CCCCNC(=O)C(CCCN=C(N)N)NC(=O)C(CCCCNC(=O)NCCCCN=C=S)NC(=O)CCOCCOCCNC(=O)Cc2ccc3ccccc3c2)C(N)=O)SC(C)(C)C1C(=O)O. The van der Waals surface area contributed by atoms with Crippen LogP contribution in [-0.4, -0.2) is 232 Å². The molecule has 0 bridgehead atoms. The van der Waals surface area contributed by atoms with Gasteiger partial charge in [0.2, 0.25) is 53.2 Å². The third-order valence-electron chi connectivity index (χ3n) is 16.8. The van der Waals surface area contributed by atoms with E-state index in [0.717, 1.165) is 28.3 Å². The second-order valence-corrected chi connectivity index (χ2v) is 27.8. The molecule has 0 spiro atoms. The highest BCUT2D eigenvalue weighted by Gasteiger charge is 2.53. The molecule has 34 heteroatoms. The highest BCUT2D eigenvalue weighted by Crippen LogP contribution is 2.47. The number of thioether (sulfide) groups is 1. The molecular formula is C72H108N16O16S2. The Balaban J connectivity index is 1.15. The number of benzene rings is 3. The lowest BCUT2D eigenvalue weighted by molar-refractivity contribution is -0.144. The van der Waals surface area contributed by atoms with E-state index in [4.69, 9.17) is 31.4 Å². The number of primary amides is 1. The van der Waals surface area contributed by atoms with Crippen LogP contribution in [0.1, 0.15) is 121 Å². The number of amides is 11. The maximum absolute atomic E-state index is 14.1. The van der Waals surface area contributed by atoms with Crippen LogP contribution < -0.4 is 70.4 Å². The minimum absolute atomic E-state index is 0.00351. The number of carbonyl (C=O) groups excluding carboxylic acids is 11. The fourth-order valence-electron chi connectivity index (χ4n) is 11.4. The number of nitrogens with zero attached hydrogens (tertiary/aromatic N) is 3. The second-order valence-electron chi connectivity index (χ2n) is 25.9. The number of rotatable bonds is 55. The van der Waals surface area contributed by atoms with Crippen LogP contribution >= 0.6 is 24.0 Å². The van der Waals surface area contributed by atoms with Crippen LogP contribution in [0.25, 0.3) is 10.8 Å². The third-order valence-corrected chi connectivity index (χ3v) is 18.7. The number of ether oxygens (including phenoxy) is 3. The number of unbranched alkanes of at least 4 members (excludes halogenated alkanes) is 3. The van der Waals surface area contributed by atoms with Crippen molar-refractivity contribution in [3.63, 3.8) is 0 Å². The maximum atomic E-state index is 14.1. The molecule has 0 saturated carbocycles. The number of aliphatic imine (C=N–C) groups is 2. The molecule has 1 heterocycles. The summed E-state index contributed by atoms with van der Waals surface area (Å²) in [5, 5.41) is 41.2. The number of guanidine groups is 1. The minimum atomic E-state index is -1.10. The van der Waals surface area contributed by atoms with E-state index in [1.807, 2.05) is 72.8 Å². The average molecular weight is 1520 g/mol. The zero-order chi connectivity index (χ0) is 77.5. The Kier molecular flexibility index (Phi) is 43.0. The van der Waals surface area contributed by atoms with E-state index in [0.29, 0.717) is 51.7 Å². The number of Topliss-reactive ketones (excluding diaryl/α,β-unsaturated/α-hetero) is 1. The van der Waals surface area contributed by atoms with Gasteiger partial charge in [-0.05, 0) is 119 Å². The van der Waals surface area contributed by atoms with Crippen molar-refractivity contribution < 1.29 is 76.9 Å². The molecule has 0 aliphatic carbocycles. The molecule has 0 aromatic heterocycles. The Bertz CT molecular complexity index is 3400. The van der Waals surface area contributed by atoms with Crippen LogP contribution in [0.5, 0.6) is 0 Å². The first-order chi connectivity index (χ1) is 50.9. The van der Waals surface area contributed by atoms with Crippen molar-refractivity contribution in [1.29, 1.82) is 0 Å². The molecule has 6 atom stereocenters. The summed E-state index contributed by atoms with van der Waals surface area (Å²) in [6, 6.07) is 18.4. The van der Waals surface area contributed by atoms with Crippen LogP contribution in [0.2, 0.25) is 0 Å². The Morgan fingerprint density at radius 3 is 1.70 bits per heavy atom.